The van der Waals surface area contributed by atoms with Crippen LogP contribution in [0.15, 0.2) is 36.8 Å². The van der Waals surface area contributed by atoms with Crippen LogP contribution in [0.5, 0.6) is 0 Å². The average Bonchev–Trinajstić information content (AvgIpc) is 3.17. The number of aromatic nitrogens is 3. The Morgan fingerprint density at radius 1 is 1.08 bits per heavy atom. The molecule has 6 nitrogen and oxygen atoms in total. The third-order valence-electron chi connectivity index (χ3n) is 4.91. The van der Waals surface area contributed by atoms with E-state index in [9.17, 15) is 4.79 Å². The summed E-state index contributed by atoms with van der Waals surface area (Å²) in [5.41, 5.74) is 1.79. The molecule has 2 aromatic heterocycles. The maximum Gasteiger partial charge on any atom is 0.242 e. The molecule has 0 N–H and O–H groups in total. The van der Waals surface area contributed by atoms with Crippen molar-refractivity contribution in [3.8, 4) is 11.3 Å². The summed E-state index contributed by atoms with van der Waals surface area (Å²) in [5.74, 6) is 0.819. The molecule has 0 aromatic carbocycles. The van der Waals surface area contributed by atoms with Crippen LogP contribution in [-0.2, 0) is 4.79 Å². The minimum absolute atomic E-state index is 0.198. The van der Waals surface area contributed by atoms with E-state index in [1.807, 2.05) is 23.1 Å². The first-order chi connectivity index (χ1) is 11.8. The summed E-state index contributed by atoms with van der Waals surface area (Å²) < 4.78 is 0. The molecule has 6 heteroatoms. The van der Waals surface area contributed by atoms with Gasteiger partial charge >= 0.3 is 0 Å². The quantitative estimate of drug-likeness (QED) is 0.866. The van der Waals surface area contributed by atoms with Crippen LogP contribution in [0.1, 0.15) is 25.7 Å². The topological polar surface area (TPSA) is 62.2 Å². The minimum atomic E-state index is 0.198. The molecule has 0 spiro atoms. The lowest BCUT2D eigenvalue weighted by molar-refractivity contribution is -0.133. The molecule has 0 radical (unpaired) electrons. The number of carbonyl (C=O) groups excluding carboxylic acids is 1. The Hall–Kier alpha value is -2.50. The predicted octanol–water partition coefficient (Wildman–Crippen LogP) is 2.13. The highest BCUT2D eigenvalue weighted by atomic mass is 16.2. The van der Waals surface area contributed by atoms with Crippen molar-refractivity contribution in [2.75, 3.05) is 24.5 Å². The molecule has 2 aromatic rings. The Labute approximate surface area is 141 Å². The second-order valence-corrected chi connectivity index (χ2v) is 6.43. The Morgan fingerprint density at radius 2 is 1.96 bits per heavy atom. The van der Waals surface area contributed by atoms with Gasteiger partial charge < -0.3 is 9.80 Å². The second kappa shape index (κ2) is 6.55. The number of pyridine rings is 1. The van der Waals surface area contributed by atoms with E-state index in [4.69, 9.17) is 0 Å². The highest BCUT2D eigenvalue weighted by Gasteiger charge is 2.32. The van der Waals surface area contributed by atoms with Gasteiger partial charge in [-0.2, -0.15) is 0 Å². The second-order valence-electron chi connectivity index (χ2n) is 6.43. The monoisotopic (exact) mass is 323 g/mol. The van der Waals surface area contributed by atoms with Gasteiger partial charge in [0, 0.05) is 43.3 Å². The van der Waals surface area contributed by atoms with Gasteiger partial charge in [-0.25, -0.2) is 9.97 Å². The van der Waals surface area contributed by atoms with Gasteiger partial charge in [-0.1, -0.05) is 12.8 Å². The number of hydrogen-bond acceptors (Lipinski definition) is 5. The Balaban J connectivity index is 1.50. The maximum atomic E-state index is 12.5. The van der Waals surface area contributed by atoms with Crippen molar-refractivity contribution in [1.29, 1.82) is 0 Å². The van der Waals surface area contributed by atoms with E-state index in [1.165, 1.54) is 12.8 Å². The first-order valence-corrected chi connectivity index (χ1v) is 8.59. The van der Waals surface area contributed by atoms with Crippen molar-refractivity contribution in [3.63, 3.8) is 0 Å². The molecule has 0 atom stereocenters. The van der Waals surface area contributed by atoms with Gasteiger partial charge in [0.2, 0.25) is 11.9 Å². The van der Waals surface area contributed by atoms with Crippen LogP contribution in [0.4, 0.5) is 5.95 Å². The number of amides is 1. The summed E-state index contributed by atoms with van der Waals surface area (Å²) in [6, 6.07) is 6.18. The van der Waals surface area contributed by atoms with Crippen molar-refractivity contribution in [3.05, 3.63) is 36.8 Å². The number of piperazine rings is 1. The first-order valence-electron chi connectivity index (χ1n) is 8.59. The van der Waals surface area contributed by atoms with Crippen LogP contribution in [0.2, 0.25) is 0 Å². The van der Waals surface area contributed by atoms with Crippen molar-refractivity contribution >= 4 is 11.9 Å². The highest BCUT2D eigenvalue weighted by molar-refractivity contribution is 5.82. The molecular formula is C18H21N5O. The summed E-state index contributed by atoms with van der Waals surface area (Å²) in [7, 11) is 0. The number of nitrogens with zero attached hydrogens (tertiary/aromatic N) is 5. The van der Waals surface area contributed by atoms with Crippen LogP contribution >= 0.6 is 0 Å². The van der Waals surface area contributed by atoms with Gasteiger partial charge in [0.15, 0.2) is 0 Å². The standard InChI is InChI=1S/C18H21N5O/c24-17-13-22(10-11-23(17)15-5-1-2-6-15)18-20-9-7-16(21-18)14-4-3-8-19-12-14/h3-4,7-9,12,15H,1-2,5-6,10-11,13H2. The van der Waals surface area contributed by atoms with Crippen LogP contribution in [-0.4, -0.2) is 51.4 Å². The van der Waals surface area contributed by atoms with E-state index >= 15 is 0 Å². The van der Waals surface area contributed by atoms with Crippen LogP contribution in [0.25, 0.3) is 11.3 Å². The molecule has 3 heterocycles. The van der Waals surface area contributed by atoms with Crippen LogP contribution in [0.3, 0.4) is 0 Å². The van der Waals surface area contributed by atoms with E-state index < -0.39 is 0 Å². The Kier molecular flexibility index (Phi) is 4.11. The normalized spacial score (nSPS) is 19.1. The summed E-state index contributed by atoms with van der Waals surface area (Å²) >= 11 is 0. The van der Waals surface area contributed by atoms with Crippen molar-refractivity contribution in [2.45, 2.75) is 31.7 Å². The van der Waals surface area contributed by atoms with E-state index in [-0.39, 0.29) is 5.91 Å². The Bertz CT molecular complexity index is 714. The molecule has 2 aliphatic rings. The van der Waals surface area contributed by atoms with Gasteiger partial charge in [0.25, 0.3) is 0 Å². The lowest BCUT2D eigenvalue weighted by atomic mass is 10.1. The molecule has 0 bridgehead atoms. The van der Waals surface area contributed by atoms with Gasteiger partial charge in [-0.05, 0) is 31.0 Å². The molecule has 1 amide bonds. The van der Waals surface area contributed by atoms with Crippen molar-refractivity contribution in [1.82, 2.24) is 19.9 Å². The molecule has 1 saturated carbocycles. The summed E-state index contributed by atoms with van der Waals surface area (Å²) in [4.78, 5) is 29.7. The number of anilines is 1. The fraction of sp³-hybridized carbons (Fsp3) is 0.444. The zero-order valence-electron chi connectivity index (χ0n) is 13.6. The minimum Gasteiger partial charge on any atom is -0.336 e. The zero-order chi connectivity index (χ0) is 16.4. The highest BCUT2D eigenvalue weighted by Crippen LogP contribution is 2.26. The fourth-order valence-electron chi connectivity index (χ4n) is 3.63. The van der Waals surface area contributed by atoms with Crippen molar-refractivity contribution < 1.29 is 4.79 Å². The van der Waals surface area contributed by atoms with Gasteiger partial charge in [0.05, 0.1) is 5.69 Å². The summed E-state index contributed by atoms with van der Waals surface area (Å²) in [6.45, 7) is 1.93. The molecule has 124 valence electrons. The SMILES string of the molecule is O=C1CN(c2nccc(-c3cccnc3)n2)CCN1C1CCCC1. The molecule has 4 rings (SSSR count). The predicted molar refractivity (Wildman–Crippen MR) is 91.4 cm³/mol. The van der Waals surface area contributed by atoms with Crippen LogP contribution in [0, 0.1) is 0 Å². The zero-order valence-corrected chi connectivity index (χ0v) is 13.6. The smallest absolute Gasteiger partial charge is 0.242 e. The molecular weight excluding hydrogens is 302 g/mol. The summed E-state index contributed by atoms with van der Waals surface area (Å²) in [5, 5.41) is 0. The summed E-state index contributed by atoms with van der Waals surface area (Å²) in [6.07, 6.45) is 10.1. The average molecular weight is 323 g/mol. The largest absolute Gasteiger partial charge is 0.336 e. The third-order valence-corrected chi connectivity index (χ3v) is 4.91. The maximum absolute atomic E-state index is 12.5. The van der Waals surface area contributed by atoms with Gasteiger partial charge in [0.1, 0.15) is 6.54 Å². The van der Waals surface area contributed by atoms with E-state index in [0.717, 1.165) is 37.2 Å². The van der Waals surface area contributed by atoms with Crippen LogP contribution < -0.4 is 4.90 Å². The molecule has 1 aliphatic heterocycles. The molecule has 0 unspecified atom stereocenters. The number of carbonyl (C=O) groups is 1. The number of hydrogen-bond donors (Lipinski definition) is 0. The first kappa shape index (κ1) is 15.1. The lowest BCUT2D eigenvalue weighted by Gasteiger charge is -2.37. The van der Waals surface area contributed by atoms with Crippen molar-refractivity contribution in [2.24, 2.45) is 0 Å². The number of rotatable bonds is 3. The van der Waals surface area contributed by atoms with E-state index in [2.05, 4.69) is 19.9 Å². The third kappa shape index (κ3) is 2.96. The molecule has 1 saturated heterocycles. The van der Waals surface area contributed by atoms with Gasteiger partial charge in [-0.3, -0.25) is 9.78 Å². The fourth-order valence-corrected chi connectivity index (χ4v) is 3.63. The lowest BCUT2D eigenvalue weighted by Crippen LogP contribution is -2.54. The molecule has 1 aliphatic carbocycles. The molecule has 24 heavy (non-hydrogen) atoms. The van der Waals surface area contributed by atoms with E-state index in [1.54, 1.807) is 18.6 Å². The van der Waals surface area contributed by atoms with E-state index in [0.29, 0.717) is 18.5 Å². The van der Waals surface area contributed by atoms with Gasteiger partial charge in [-0.15, -0.1) is 0 Å². The molecule has 2 fully saturated rings. The Morgan fingerprint density at radius 3 is 2.71 bits per heavy atom.